The van der Waals surface area contributed by atoms with Crippen molar-refractivity contribution in [1.29, 1.82) is 0 Å². The summed E-state index contributed by atoms with van der Waals surface area (Å²) in [6.45, 7) is 2.93. The molecule has 1 atom stereocenters. The highest BCUT2D eigenvalue weighted by Gasteiger charge is 2.33. The van der Waals surface area contributed by atoms with Gasteiger partial charge in [0, 0.05) is 19.1 Å². The molecule has 1 saturated carbocycles. The Labute approximate surface area is 112 Å². The summed E-state index contributed by atoms with van der Waals surface area (Å²) in [5.41, 5.74) is 0.839. The fourth-order valence-electron chi connectivity index (χ4n) is 2.71. The highest BCUT2D eigenvalue weighted by atomic mass is 35.5. The van der Waals surface area contributed by atoms with Gasteiger partial charge in [0.25, 0.3) is 0 Å². The zero-order valence-electron chi connectivity index (χ0n) is 10.3. The number of hydrogen-bond donors (Lipinski definition) is 1. The zero-order chi connectivity index (χ0) is 12.5. The minimum absolute atomic E-state index is 0.213. The third-order valence-electron chi connectivity index (χ3n) is 3.87. The van der Waals surface area contributed by atoms with Gasteiger partial charge in [-0.3, -0.25) is 0 Å². The van der Waals surface area contributed by atoms with Crippen LogP contribution in [0.2, 0.25) is 5.02 Å². The molecule has 1 aliphatic carbocycles. The van der Waals surface area contributed by atoms with Crippen molar-refractivity contribution in [2.45, 2.75) is 25.3 Å². The lowest BCUT2D eigenvalue weighted by Crippen LogP contribution is -2.39. The van der Waals surface area contributed by atoms with Gasteiger partial charge >= 0.3 is 0 Å². The second kappa shape index (κ2) is 5.06. The minimum atomic E-state index is -0.213. The third-order valence-corrected chi connectivity index (χ3v) is 4.19. The topological polar surface area (TPSA) is 15.3 Å². The molecule has 1 aromatic carbocycles. The average Bonchev–Trinajstić information content (AvgIpc) is 3.16. The van der Waals surface area contributed by atoms with Gasteiger partial charge in [-0.2, -0.15) is 0 Å². The zero-order valence-corrected chi connectivity index (χ0v) is 11.1. The molecule has 0 radical (unpaired) electrons. The van der Waals surface area contributed by atoms with Gasteiger partial charge in [0.1, 0.15) is 5.82 Å². The first kappa shape index (κ1) is 12.2. The standard InChI is InChI=1S/C14H18ClFN2/c15-12-5-4-11(16)8-14(12)18-7-1-6-17-13(9-18)10-2-3-10/h4-5,8,10,13,17H,1-3,6-7,9H2. The summed E-state index contributed by atoms with van der Waals surface area (Å²) in [5, 5.41) is 4.24. The maximum Gasteiger partial charge on any atom is 0.125 e. The van der Waals surface area contributed by atoms with Crippen molar-refractivity contribution in [3.05, 3.63) is 29.0 Å². The van der Waals surface area contributed by atoms with Crippen LogP contribution in [-0.4, -0.2) is 25.7 Å². The third kappa shape index (κ3) is 2.62. The highest BCUT2D eigenvalue weighted by Crippen LogP contribution is 2.35. The summed E-state index contributed by atoms with van der Waals surface area (Å²) < 4.78 is 13.4. The molecule has 4 heteroatoms. The van der Waals surface area contributed by atoms with Crippen molar-refractivity contribution < 1.29 is 4.39 Å². The normalized spacial score (nSPS) is 25.0. The molecule has 1 saturated heterocycles. The van der Waals surface area contributed by atoms with Gasteiger partial charge in [-0.25, -0.2) is 4.39 Å². The van der Waals surface area contributed by atoms with Gasteiger partial charge in [0.15, 0.2) is 0 Å². The van der Waals surface area contributed by atoms with E-state index in [1.165, 1.54) is 18.9 Å². The van der Waals surface area contributed by atoms with Crippen LogP contribution in [0.5, 0.6) is 0 Å². The van der Waals surface area contributed by atoms with Gasteiger partial charge < -0.3 is 10.2 Å². The van der Waals surface area contributed by atoms with Gasteiger partial charge in [-0.15, -0.1) is 0 Å². The van der Waals surface area contributed by atoms with E-state index in [4.69, 9.17) is 11.6 Å². The Morgan fingerprint density at radius 2 is 2.17 bits per heavy atom. The van der Waals surface area contributed by atoms with E-state index in [1.54, 1.807) is 12.1 Å². The number of nitrogens with one attached hydrogen (secondary N) is 1. The molecule has 2 fully saturated rings. The fraction of sp³-hybridized carbons (Fsp3) is 0.571. The van der Waals surface area contributed by atoms with Crippen molar-refractivity contribution >= 4 is 17.3 Å². The monoisotopic (exact) mass is 268 g/mol. The molecule has 1 N–H and O–H groups in total. The van der Waals surface area contributed by atoms with Gasteiger partial charge in [0.2, 0.25) is 0 Å². The van der Waals surface area contributed by atoms with E-state index in [0.717, 1.165) is 37.7 Å². The van der Waals surface area contributed by atoms with Crippen LogP contribution >= 0.6 is 11.6 Å². The predicted molar refractivity (Wildman–Crippen MR) is 72.8 cm³/mol. The Balaban J connectivity index is 1.82. The maximum absolute atomic E-state index is 13.4. The summed E-state index contributed by atoms with van der Waals surface area (Å²) in [6.07, 6.45) is 3.72. The van der Waals surface area contributed by atoms with Crippen LogP contribution in [0, 0.1) is 11.7 Å². The first-order chi connectivity index (χ1) is 8.74. The van der Waals surface area contributed by atoms with E-state index in [0.29, 0.717) is 11.1 Å². The van der Waals surface area contributed by atoms with Crippen LogP contribution in [0.1, 0.15) is 19.3 Å². The number of hydrogen-bond acceptors (Lipinski definition) is 2. The molecular weight excluding hydrogens is 251 g/mol. The molecule has 1 unspecified atom stereocenters. The summed E-state index contributed by atoms with van der Waals surface area (Å²) in [4.78, 5) is 2.23. The Hall–Kier alpha value is -0.800. The lowest BCUT2D eigenvalue weighted by molar-refractivity contribution is 0.490. The molecule has 1 aliphatic heterocycles. The van der Waals surface area contributed by atoms with E-state index in [2.05, 4.69) is 10.2 Å². The van der Waals surface area contributed by atoms with Crippen LogP contribution < -0.4 is 10.2 Å². The first-order valence-electron chi connectivity index (χ1n) is 6.67. The quantitative estimate of drug-likeness (QED) is 0.887. The van der Waals surface area contributed by atoms with Gasteiger partial charge in [-0.1, -0.05) is 11.6 Å². The smallest absolute Gasteiger partial charge is 0.125 e. The van der Waals surface area contributed by atoms with Gasteiger partial charge in [0.05, 0.1) is 10.7 Å². The molecular formula is C14H18ClFN2. The van der Waals surface area contributed by atoms with Crippen LogP contribution in [0.3, 0.4) is 0 Å². The second-order valence-electron chi connectivity index (χ2n) is 5.29. The Bertz CT molecular complexity index is 434. The van der Waals surface area contributed by atoms with E-state index in [-0.39, 0.29) is 5.82 Å². The maximum atomic E-state index is 13.4. The number of nitrogens with zero attached hydrogens (tertiary/aromatic N) is 1. The summed E-state index contributed by atoms with van der Waals surface area (Å²) in [6, 6.07) is 5.15. The van der Waals surface area contributed by atoms with E-state index >= 15 is 0 Å². The summed E-state index contributed by atoms with van der Waals surface area (Å²) in [7, 11) is 0. The van der Waals surface area contributed by atoms with E-state index in [1.807, 2.05) is 0 Å². The molecule has 3 rings (SSSR count). The first-order valence-corrected chi connectivity index (χ1v) is 7.05. The van der Waals surface area contributed by atoms with Crippen LogP contribution in [0.15, 0.2) is 18.2 Å². The molecule has 0 aromatic heterocycles. The van der Waals surface area contributed by atoms with Gasteiger partial charge in [-0.05, 0) is 49.9 Å². The Morgan fingerprint density at radius 3 is 2.94 bits per heavy atom. The molecule has 0 amide bonds. The van der Waals surface area contributed by atoms with E-state index in [9.17, 15) is 4.39 Å². The lowest BCUT2D eigenvalue weighted by Gasteiger charge is -2.27. The molecule has 0 bridgehead atoms. The summed E-state index contributed by atoms with van der Waals surface area (Å²) >= 11 is 6.20. The number of anilines is 1. The molecule has 18 heavy (non-hydrogen) atoms. The summed E-state index contributed by atoms with van der Waals surface area (Å²) in [5.74, 6) is 0.590. The van der Waals surface area contributed by atoms with Crippen LogP contribution in [0.4, 0.5) is 10.1 Å². The SMILES string of the molecule is Fc1ccc(Cl)c(N2CCCNC(C3CC3)C2)c1. The Kier molecular flexibility index (Phi) is 3.44. The molecule has 98 valence electrons. The van der Waals surface area contributed by atoms with Crippen LogP contribution in [-0.2, 0) is 0 Å². The Morgan fingerprint density at radius 1 is 1.33 bits per heavy atom. The van der Waals surface area contributed by atoms with E-state index < -0.39 is 0 Å². The largest absolute Gasteiger partial charge is 0.369 e. The average molecular weight is 269 g/mol. The highest BCUT2D eigenvalue weighted by molar-refractivity contribution is 6.33. The second-order valence-corrected chi connectivity index (χ2v) is 5.70. The molecule has 2 aliphatic rings. The molecule has 0 spiro atoms. The number of benzene rings is 1. The minimum Gasteiger partial charge on any atom is -0.369 e. The fourth-order valence-corrected chi connectivity index (χ4v) is 2.95. The van der Waals surface area contributed by atoms with Crippen molar-refractivity contribution in [3.8, 4) is 0 Å². The number of halogens is 2. The molecule has 1 aromatic rings. The van der Waals surface area contributed by atoms with Crippen molar-refractivity contribution in [2.24, 2.45) is 5.92 Å². The van der Waals surface area contributed by atoms with Crippen molar-refractivity contribution in [2.75, 3.05) is 24.5 Å². The molecule has 2 nitrogen and oxygen atoms in total. The number of rotatable bonds is 2. The van der Waals surface area contributed by atoms with Crippen LogP contribution in [0.25, 0.3) is 0 Å². The lowest BCUT2D eigenvalue weighted by atomic mass is 10.1. The van der Waals surface area contributed by atoms with Crippen molar-refractivity contribution in [1.82, 2.24) is 5.32 Å². The van der Waals surface area contributed by atoms with Crippen molar-refractivity contribution in [3.63, 3.8) is 0 Å². The predicted octanol–water partition coefficient (Wildman–Crippen LogP) is 3.06. The molecule has 1 heterocycles.